The van der Waals surface area contributed by atoms with E-state index in [0.29, 0.717) is 31.8 Å². The van der Waals surface area contributed by atoms with E-state index in [0.717, 1.165) is 16.9 Å². The first-order valence-electron chi connectivity index (χ1n) is 9.74. The standard InChI is InChI=1S/C23H22N4O2/c28-22(19-13-16-27(23(19)29)18-9-5-2-6-10-18)25-15-12-21-24-14-11-20(26-21)17-7-3-1-4-8-17/h1-11,14,19H,12-13,15-16H2,(H,25,28). The van der Waals surface area contributed by atoms with E-state index in [1.807, 2.05) is 66.7 Å². The predicted molar refractivity (Wildman–Crippen MR) is 111 cm³/mol. The van der Waals surface area contributed by atoms with Gasteiger partial charge in [0.05, 0.1) is 5.69 Å². The van der Waals surface area contributed by atoms with Crippen molar-refractivity contribution < 1.29 is 9.59 Å². The van der Waals surface area contributed by atoms with Crippen LogP contribution in [0.1, 0.15) is 12.2 Å². The van der Waals surface area contributed by atoms with E-state index in [9.17, 15) is 9.59 Å². The van der Waals surface area contributed by atoms with Gasteiger partial charge in [0, 0.05) is 37.0 Å². The molecule has 29 heavy (non-hydrogen) atoms. The summed E-state index contributed by atoms with van der Waals surface area (Å²) in [7, 11) is 0. The Morgan fingerprint density at radius 3 is 2.52 bits per heavy atom. The molecule has 6 heteroatoms. The molecule has 6 nitrogen and oxygen atoms in total. The van der Waals surface area contributed by atoms with Crippen LogP contribution in [0, 0.1) is 5.92 Å². The number of rotatable bonds is 6. The van der Waals surface area contributed by atoms with E-state index in [4.69, 9.17) is 0 Å². The molecular weight excluding hydrogens is 364 g/mol. The number of carbonyl (C=O) groups excluding carboxylic acids is 2. The zero-order chi connectivity index (χ0) is 20.1. The fourth-order valence-electron chi connectivity index (χ4n) is 3.50. The van der Waals surface area contributed by atoms with Gasteiger partial charge < -0.3 is 10.2 Å². The molecule has 1 saturated heterocycles. The van der Waals surface area contributed by atoms with Gasteiger partial charge in [0.2, 0.25) is 11.8 Å². The molecule has 1 aromatic heterocycles. The summed E-state index contributed by atoms with van der Waals surface area (Å²) in [6, 6.07) is 21.2. The smallest absolute Gasteiger partial charge is 0.239 e. The minimum absolute atomic E-state index is 0.143. The van der Waals surface area contributed by atoms with Crippen molar-refractivity contribution >= 4 is 17.5 Å². The van der Waals surface area contributed by atoms with Gasteiger partial charge in [0.15, 0.2) is 0 Å². The summed E-state index contributed by atoms with van der Waals surface area (Å²) in [4.78, 5) is 35.7. The van der Waals surface area contributed by atoms with Gasteiger partial charge in [-0.1, -0.05) is 48.5 Å². The SMILES string of the molecule is O=C(NCCc1nccc(-c2ccccc2)n1)C1CCN(c2ccccc2)C1=O. The number of aromatic nitrogens is 2. The van der Waals surface area contributed by atoms with Gasteiger partial charge in [-0.2, -0.15) is 0 Å². The third kappa shape index (κ3) is 4.32. The number of para-hydroxylation sites is 1. The number of hydrogen-bond donors (Lipinski definition) is 1. The number of benzene rings is 2. The number of nitrogens with zero attached hydrogens (tertiary/aromatic N) is 3. The molecule has 0 radical (unpaired) electrons. The Labute approximate surface area is 169 Å². The van der Waals surface area contributed by atoms with E-state index in [-0.39, 0.29) is 11.8 Å². The highest BCUT2D eigenvalue weighted by Crippen LogP contribution is 2.25. The van der Waals surface area contributed by atoms with E-state index in [1.54, 1.807) is 11.1 Å². The van der Waals surface area contributed by atoms with Gasteiger partial charge in [0.25, 0.3) is 0 Å². The second kappa shape index (κ2) is 8.65. The second-order valence-electron chi connectivity index (χ2n) is 6.93. The van der Waals surface area contributed by atoms with Crippen molar-refractivity contribution in [2.75, 3.05) is 18.0 Å². The van der Waals surface area contributed by atoms with Crippen LogP contribution in [-0.4, -0.2) is 34.9 Å². The normalized spacial score (nSPS) is 16.1. The average Bonchev–Trinajstić information content (AvgIpc) is 3.16. The first kappa shape index (κ1) is 18.8. The summed E-state index contributed by atoms with van der Waals surface area (Å²) in [5.41, 5.74) is 2.71. The highest BCUT2D eigenvalue weighted by molar-refractivity contribution is 6.09. The lowest BCUT2D eigenvalue weighted by atomic mass is 10.1. The molecule has 4 rings (SSSR count). The van der Waals surface area contributed by atoms with E-state index in [2.05, 4.69) is 15.3 Å². The van der Waals surface area contributed by atoms with Crippen LogP contribution in [0.5, 0.6) is 0 Å². The van der Waals surface area contributed by atoms with Gasteiger partial charge in [0.1, 0.15) is 11.7 Å². The number of amides is 2. The van der Waals surface area contributed by atoms with Crippen LogP contribution in [0.4, 0.5) is 5.69 Å². The fourth-order valence-corrected chi connectivity index (χ4v) is 3.50. The Kier molecular flexibility index (Phi) is 5.61. The minimum Gasteiger partial charge on any atom is -0.355 e. The predicted octanol–water partition coefficient (Wildman–Crippen LogP) is 2.86. The van der Waals surface area contributed by atoms with E-state index >= 15 is 0 Å². The third-order valence-electron chi connectivity index (χ3n) is 5.01. The molecule has 0 spiro atoms. The maximum atomic E-state index is 12.6. The first-order chi connectivity index (χ1) is 14.2. The van der Waals surface area contributed by atoms with Crippen LogP contribution in [0.2, 0.25) is 0 Å². The zero-order valence-corrected chi connectivity index (χ0v) is 16.0. The van der Waals surface area contributed by atoms with Crippen molar-refractivity contribution in [1.82, 2.24) is 15.3 Å². The summed E-state index contributed by atoms with van der Waals surface area (Å²) in [6.45, 7) is 0.954. The summed E-state index contributed by atoms with van der Waals surface area (Å²) in [5.74, 6) is -0.342. The maximum absolute atomic E-state index is 12.6. The molecule has 0 bridgehead atoms. The zero-order valence-electron chi connectivity index (χ0n) is 16.0. The van der Waals surface area contributed by atoms with E-state index in [1.165, 1.54) is 0 Å². The van der Waals surface area contributed by atoms with Crippen molar-refractivity contribution in [3.05, 3.63) is 78.8 Å². The fraction of sp³-hybridized carbons (Fsp3) is 0.217. The highest BCUT2D eigenvalue weighted by Gasteiger charge is 2.37. The molecule has 1 aliphatic rings. The first-order valence-corrected chi connectivity index (χ1v) is 9.74. The molecular formula is C23H22N4O2. The molecule has 1 unspecified atom stereocenters. The van der Waals surface area contributed by atoms with Gasteiger partial charge in [-0.15, -0.1) is 0 Å². The summed E-state index contributed by atoms with van der Waals surface area (Å²) < 4.78 is 0. The van der Waals surface area contributed by atoms with Gasteiger partial charge in [-0.25, -0.2) is 9.97 Å². The molecule has 1 aliphatic heterocycles. The Hall–Kier alpha value is -3.54. The Morgan fingerprint density at radius 2 is 1.76 bits per heavy atom. The Morgan fingerprint density at radius 1 is 1.03 bits per heavy atom. The lowest BCUT2D eigenvalue weighted by molar-refractivity contribution is -0.132. The molecule has 0 saturated carbocycles. The quantitative estimate of drug-likeness (QED) is 0.661. The molecule has 1 atom stereocenters. The van der Waals surface area contributed by atoms with Crippen LogP contribution in [0.3, 0.4) is 0 Å². The maximum Gasteiger partial charge on any atom is 0.239 e. The van der Waals surface area contributed by atoms with Crippen LogP contribution >= 0.6 is 0 Å². The number of hydrogen-bond acceptors (Lipinski definition) is 4. The summed E-state index contributed by atoms with van der Waals surface area (Å²) in [6.07, 6.45) is 2.76. The van der Waals surface area contributed by atoms with Crippen LogP contribution in [-0.2, 0) is 16.0 Å². The highest BCUT2D eigenvalue weighted by atomic mass is 16.2. The minimum atomic E-state index is -0.633. The van der Waals surface area contributed by atoms with Crippen LogP contribution in [0.25, 0.3) is 11.3 Å². The van der Waals surface area contributed by atoms with Crippen molar-refractivity contribution in [3.63, 3.8) is 0 Å². The van der Waals surface area contributed by atoms with Gasteiger partial charge in [-0.05, 0) is 24.6 Å². The molecule has 2 amide bonds. The second-order valence-corrected chi connectivity index (χ2v) is 6.93. The van der Waals surface area contributed by atoms with Crippen LogP contribution < -0.4 is 10.2 Å². The number of carbonyl (C=O) groups is 2. The van der Waals surface area contributed by atoms with Gasteiger partial charge in [-0.3, -0.25) is 9.59 Å². The molecule has 2 heterocycles. The molecule has 1 N–H and O–H groups in total. The van der Waals surface area contributed by atoms with Gasteiger partial charge >= 0.3 is 0 Å². The summed E-state index contributed by atoms with van der Waals surface area (Å²) >= 11 is 0. The third-order valence-corrected chi connectivity index (χ3v) is 5.01. The Bertz CT molecular complexity index is 992. The number of nitrogens with one attached hydrogen (secondary N) is 1. The topological polar surface area (TPSA) is 75.2 Å². The number of anilines is 1. The van der Waals surface area contributed by atoms with Crippen LogP contribution in [0.15, 0.2) is 72.9 Å². The monoisotopic (exact) mass is 386 g/mol. The van der Waals surface area contributed by atoms with E-state index < -0.39 is 5.92 Å². The van der Waals surface area contributed by atoms with Crippen molar-refractivity contribution in [3.8, 4) is 11.3 Å². The average molecular weight is 386 g/mol. The van der Waals surface area contributed by atoms with Crippen molar-refractivity contribution in [2.24, 2.45) is 5.92 Å². The summed E-state index contributed by atoms with van der Waals surface area (Å²) in [5, 5.41) is 2.87. The van der Waals surface area contributed by atoms with Crippen molar-refractivity contribution in [2.45, 2.75) is 12.8 Å². The lowest BCUT2D eigenvalue weighted by Crippen LogP contribution is -2.37. The molecule has 146 valence electrons. The molecule has 1 fully saturated rings. The largest absolute Gasteiger partial charge is 0.355 e. The molecule has 3 aromatic rings. The lowest BCUT2D eigenvalue weighted by Gasteiger charge is -2.16. The molecule has 2 aromatic carbocycles. The molecule has 0 aliphatic carbocycles. The Balaban J connectivity index is 1.32. The van der Waals surface area contributed by atoms with Crippen molar-refractivity contribution in [1.29, 1.82) is 0 Å².